The van der Waals surface area contributed by atoms with E-state index >= 15 is 0 Å². The number of anilines is 1. The van der Waals surface area contributed by atoms with Crippen LogP contribution in [0, 0.1) is 23.0 Å². The van der Waals surface area contributed by atoms with Crippen molar-refractivity contribution in [1.82, 2.24) is 9.88 Å². The minimum absolute atomic E-state index is 0.0412. The Morgan fingerprint density at radius 2 is 1.72 bits per heavy atom. The van der Waals surface area contributed by atoms with Crippen LogP contribution in [0.3, 0.4) is 0 Å². The number of piperazine rings is 1. The molecule has 8 heteroatoms. The molecule has 3 aromatic rings. The van der Waals surface area contributed by atoms with Crippen molar-refractivity contribution >= 4 is 11.8 Å². The van der Waals surface area contributed by atoms with E-state index in [1.807, 2.05) is 11.0 Å². The first-order chi connectivity index (χ1) is 14.1. The highest BCUT2D eigenvalue weighted by molar-refractivity contribution is 5.94. The fourth-order valence-electron chi connectivity index (χ4n) is 3.24. The third-order valence-electron chi connectivity index (χ3n) is 4.76. The van der Waals surface area contributed by atoms with Crippen LogP contribution in [0.5, 0.6) is 0 Å². The molecule has 0 atom stereocenters. The minimum Gasteiger partial charge on any atom is -0.419 e. The highest BCUT2D eigenvalue weighted by Gasteiger charge is 2.27. The third kappa shape index (κ3) is 3.67. The van der Waals surface area contributed by atoms with Crippen molar-refractivity contribution in [2.45, 2.75) is 0 Å². The molecule has 0 aliphatic carbocycles. The summed E-state index contributed by atoms with van der Waals surface area (Å²) in [6, 6.07) is 13.4. The highest BCUT2D eigenvalue weighted by Crippen LogP contribution is 2.30. The SMILES string of the molecule is N#Cc1nc(-c2ccccc2F)oc1N1CCN(C(=O)c2ccc(F)cc2)CC1. The molecule has 1 amide bonds. The summed E-state index contributed by atoms with van der Waals surface area (Å²) >= 11 is 0. The Balaban J connectivity index is 1.50. The molecule has 146 valence electrons. The summed E-state index contributed by atoms with van der Waals surface area (Å²) in [7, 11) is 0. The first kappa shape index (κ1) is 18.6. The molecule has 0 spiro atoms. The van der Waals surface area contributed by atoms with Crippen LogP contribution in [0.25, 0.3) is 11.5 Å². The van der Waals surface area contributed by atoms with Gasteiger partial charge >= 0.3 is 0 Å². The van der Waals surface area contributed by atoms with Crippen molar-refractivity contribution in [3.05, 3.63) is 71.4 Å². The maximum absolute atomic E-state index is 14.0. The molecule has 0 bridgehead atoms. The maximum Gasteiger partial charge on any atom is 0.253 e. The van der Waals surface area contributed by atoms with Crippen LogP contribution >= 0.6 is 0 Å². The van der Waals surface area contributed by atoms with E-state index in [1.54, 1.807) is 17.0 Å². The predicted molar refractivity (Wildman–Crippen MR) is 101 cm³/mol. The molecule has 2 heterocycles. The zero-order valence-electron chi connectivity index (χ0n) is 15.3. The van der Waals surface area contributed by atoms with E-state index in [9.17, 15) is 18.8 Å². The first-order valence-electron chi connectivity index (χ1n) is 9.02. The van der Waals surface area contributed by atoms with Crippen molar-refractivity contribution in [3.63, 3.8) is 0 Å². The number of aromatic nitrogens is 1. The number of hydrogen-bond donors (Lipinski definition) is 0. The van der Waals surface area contributed by atoms with Gasteiger partial charge in [0.1, 0.15) is 17.7 Å². The predicted octanol–water partition coefficient (Wildman–Crippen LogP) is 3.45. The van der Waals surface area contributed by atoms with Gasteiger partial charge in [0.25, 0.3) is 5.91 Å². The lowest BCUT2D eigenvalue weighted by molar-refractivity contribution is 0.0745. The Bertz CT molecular complexity index is 1080. The monoisotopic (exact) mass is 394 g/mol. The van der Waals surface area contributed by atoms with Gasteiger partial charge in [-0.1, -0.05) is 12.1 Å². The van der Waals surface area contributed by atoms with E-state index in [2.05, 4.69) is 4.98 Å². The first-order valence-corrected chi connectivity index (χ1v) is 9.02. The number of nitriles is 1. The number of hydrogen-bond acceptors (Lipinski definition) is 5. The molecule has 1 saturated heterocycles. The summed E-state index contributed by atoms with van der Waals surface area (Å²) in [6.07, 6.45) is 0. The van der Waals surface area contributed by atoms with Crippen LogP contribution in [0.4, 0.5) is 14.7 Å². The topological polar surface area (TPSA) is 73.4 Å². The largest absolute Gasteiger partial charge is 0.419 e. The van der Waals surface area contributed by atoms with Crippen LogP contribution in [0.15, 0.2) is 52.9 Å². The van der Waals surface area contributed by atoms with Crippen molar-refractivity contribution in [2.24, 2.45) is 0 Å². The van der Waals surface area contributed by atoms with Gasteiger partial charge in [-0.25, -0.2) is 8.78 Å². The molecule has 1 aromatic heterocycles. The quantitative estimate of drug-likeness (QED) is 0.680. The van der Waals surface area contributed by atoms with Gasteiger partial charge in [0.05, 0.1) is 5.56 Å². The molecule has 1 fully saturated rings. The van der Waals surface area contributed by atoms with Gasteiger partial charge in [-0.15, -0.1) is 0 Å². The molecule has 4 rings (SSSR count). The molecule has 0 radical (unpaired) electrons. The molecule has 6 nitrogen and oxygen atoms in total. The number of carbonyl (C=O) groups is 1. The van der Waals surface area contributed by atoms with Gasteiger partial charge in [0, 0.05) is 31.7 Å². The Morgan fingerprint density at radius 1 is 1.03 bits per heavy atom. The molecule has 0 N–H and O–H groups in total. The highest BCUT2D eigenvalue weighted by atomic mass is 19.1. The molecule has 1 aliphatic rings. The smallest absolute Gasteiger partial charge is 0.253 e. The lowest BCUT2D eigenvalue weighted by Crippen LogP contribution is -2.48. The average Bonchev–Trinajstić information content (AvgIpc) is 3.18. The van der Waals surface area contributed by atoms with Gasteiger partial charge in [-0.05, 0) is 36.4 Å². The second-order valence-electron chi connectivity index (χ2n) is 6.55. The number of halogens is 2. The third-order valence-corrected chi connectivity index (χ3v) is 4.76. The standard InChI is InChI=1S/C21H16F2N4O2/c22-15-7-5-14(6-8-15)20(28)26-9-11-27(12-10-26)21-18(13-24)25-19(29-21)16-3-1-2-4-17(16)23/h1-8H,9-12H2. The number of carbonyl (C=O) groups excluding carboxylic acids is 1. The van der Waals surface area contributed by atoms with Crippen LogP contribution in [-0.4, -0.2) is 42.0 Å². The van der Waals surface area contributed by atoms with Gasteiger partial charge in [0.2, 0.25) is 17.5 Å². The fraction of sp³-hybridized carbons (Fsp3) is 0.190. The maximum atomic E-state index is 14.0. The summed E-state index contributed by atoms with van der Waals surface area (Å²) in [4.78, 5) is 20.1. The van der Waals surface area contributed by atoms with E-state index in [4.69, 9.17) is 4.42 Å². The minimum atomic E-state index is -0.487. The summed E-state index contributed by atoms with van der Waals surface area (Å²) in [5, 5.41) is 9.40. The Labute approximate surface area is 165 Å². The van der Waals surface area contributed by atoms with E-state index in [0.29, 0.717) is 31.7 Å². The fourth-order valence-corrected chi connectivity index (χ4v) is 3.24. The van der Waals surface area contributed by atoms with E-state index in [-0.39, 0.29) is 28.9 Å². The van der Waals surface area contributed by atoms with Crippen LogP contribution in [-0.2, 0) is 0 Å². The van der Waals surface area contributed by atoms with Crippen molar-refractivity contribution in [1.29, 1.82) is 5.26 Å². The summed E-state index contributed by atoms with van der Waals surface area (Å²) in [6.45, 7) is 1.65. The Kier molecular flexibility index (Phi) is 4.96. The molecule has 2 aromatic carbocycles. The zero-order chi connectivity index (χ0) is 20.4. The zero-order valence-corrected chi connectivity index (χ0v) is 15.3. The Hall–Kier alpha value is -3.73. The molecular weight excluding hydrogens is 378 g/mol. The number of amides is 1. The molecule has 0 saturated carbocycles. The summed E-state index contributed by atoms with van der Waals surface area (Å²) < 4.78 is 32.8. The number of nitrogens with zero attached hydrogens (tertiary/aromatic N) is 4. The average molecular weight is 394 g/mol. The van der Waals surface area contributed by atoms with Crippen molar-refractivity contribution in [3.8, 4) is 17.5 Å². The second-order valence-corrected chi connectivity index (χ2v) is 6.55. The Morgan fingerprint density at radius 3 is 2.38 bits per heavy atom. The van der Waals surface area contributed by atoms with E-state index in [1.165, 1.54) is 36.4 Å². The number of benzene rings is 2. The number of rotatable bonds is 3. The second kappa shape index (κ2) is 7.72. The molecule has 29 heavy (non-hydrogen) atoms. The van der Waals surface area contributed by atoms with Crippen LogP contribution < -0.4 is 4.90 Å². The van der Waals surface area contributed by atoms with Crippen LogP contribution in [0.1, 0.15) is 16.1 Å². The molecule has 0 unspecified atom stereocenters. The van der Waals surface area contributed by atoms with E-state index < -0.39 is 11.6 Å². The lowest BCUT2D eigenvalue weighted by atomic mass is 10.2. The molecule has 1 aliphatic heterocycles. The number of oxazole rings is 1. The van der Waals surface area contributed by atoms with Gasteiger partial charge in [-0.2, -0.15) is 10.2 Å². The van der Waals surface area contributed by atoms with Gasteiger partial charge in [0.15, 0.2) is 0 Å². The van der Waals surface area contributed by atoms with Crippen LogP contribution in [0.2, 0.25) is 0 Å². The van der Waals surface area contributed by atoms with Gasteiger partial charge in [-0.3, -0.25) is 4.79 Å². The molecular formula is C21H16F2N4O2. The summed E-state index contributed by atoms with van der Waals surface area (Å²) in [5.74, 6) is -0.764. The van der Waals surface area contributed by atoms with Gasteiger partial charge < -0.3 is 14.2 Å². The van der Waals surface area contributed by atoms with Crippen molar-refractivity contribution in [2.75, 3.05) is 31.1 Å². The van der Waals surface area contributed by atoms with Crippen molar-refractivity contribution < 1.29 is 18.0 Å². The normalized spacial score (nSPS) is 14.0. The summed E-state index contributed by atoms with van der Waals surface area (Å²) in [5.41, 5.74) is 0.668. The van der Waals surface area contributed by atoms with E-state index in [0.717, 1.165) is 0 Å². The lowest BCUT2D eigenvalue weighted by Gasteiger charge is -2.34.